The summed E-state index contributed by atoms with van der Waals surface area (Å²) in [6, 6.07) is 13.8. The smallest absolute Gasteiger partial charge is 0.232 e. The van der Waals surface area contributed by atoms with E-state index in [0.717, 1.165) is 45.2 Å². The van der Waals surface area contributed by atoms with E-state index in [9.17, 15) is 8.42 Å². The number of thiazole rings is 1. The van der Waals surface area contributed by atoms with E-state index in [2.05, 4.69) is 0 Å². The van der Waals surface area contributed by atoms with Crippen LogP contribution in [0.1, 0.15) is 12.5 Å². The minimum absolute atomic E-state index is 0.502. The SMILES string of the molecule is CCOc1ccccc1-c1nc(-c2ccc3c(c2)CCN3S(C)(=O)=O)cs1. The van der Waals surface area contributed by atoms with Gasteiger partial charge in [-0.25, -0.2) is 13.4 Å². The Morgan fingerprint density at radius 1 is 1.22 bits per heavy atom. The second-order valence-corrected chi connectivity index (χ2v) is 9.16. The van der Waals surface area contributed by atoms with Crippen molar-refractivity contribution >= 4 is 27.0 Å². The molecule has 1 aliphatic heterocycles. The number of aromatic nitrogens is 1. The normalized spacial score (nSPS) is 13.6. The predicted octanol–water partition coefficient (Wildman–Crippen LogP) is 4.20. The number of para-hydroxylation sites is 1. The van der Waals surface area contributed by atoms with E-state index in [0.29, 0.717) is 13.2 Å². The first-order chi connectivity index (χ1) is 13.0. The van der Waals surface area contributed by atoms with Crippen molar-refractivity contribution in [3.05, 3.63) is 53.4 Å². The first kappa shape index (κ1) is 18.0. The molecule has 0 saturated heterocycles. The van der Waals surface area contributed by atoms with Gasteiger partial charge in [0.1, 0.15) is 10.8 Å². The standard InChI is InChI=1S/C20H20N2O3S2/c1-3-25-19-7-5-4-6-16(19)20-21-17(13-26-20)14-8-9-18-15(12-14)10-11-22(18)27(2,23)24/h4-9,12-13H,3,10-11H2,1-2H3. The Morgan fingerprint density at radius 3 is 2.81 bits per heavy atom. The van der Waals surface area contributed by atoms with E-state index in [1.807, 2.05) is 54.8 Å². The third-order valence-electron chi connectivity index (χ3n) is 4.55. The van der Waals surface area contributed by atoms with Crippen LogP contribution in [-0.2, 0) is 16.4 Å². The molecule has 0 atom stereocenters. The van der Waals surface area contributed by atoms with Gasteiger partial charge in [0, 0.05) is 17.5 Å². The van der Waals surface area contributed by atoms with Crippen molar-refractivity contribution in [1.29, 1.82) is 0 Å². The van der Waals surface area contributed by atoms with Crippen molar-refractivity contribution in [2.75, 3.05) is 23.7 Å². The maximum Gasteiger partial charge on any atom is 0.232 e. The zero-order chi connectivity index (χ0) is 19.0. The number of nitrogens with zero attached hydrogens (tertiary/aromatic N) is 2. The van der Waals surface area contributed by atoms with Crippen molar-refractivity contribution in [2.45, 2.75) is 13.3 Å². The zero-order valence-electron chi connectivity index (χ0n) is 15.2. The Hall–Kier alpha value is -2.38. The summed E-state index contributed by atoms with van der Waals surface area (Å²) in [6.45, 7) is 3.08. The molecule has 0 N–H and O–H groups in total. The topological polar surface area (TPSA) is 59.5 Å². The number of ether oxygens (including phenoxy) is 1. The monoisotopic (exact) mass is 400 g/mol. The lowest BCUT2D eigenvalue weighted by Crippen LogP contribution is -2.27. The fraction of sp³-hybridized carbons (Fsp3) is 0.250. The zero-order valence-corrected chi connectivity index (χ0v) is 16.8. The van der Waals surface area contributed by atoms with Gasteiger partial charge in [0.15, 0.2) is 0 Å². The molecule has 0 radical (unpaired) electrons. The van der Waals surface area contributed by atoms with Crippen LogP contribution in [0.4, 0.5) is 5.69 Å². The first-order valence-corrected chi connectivity index (χ1v) is 11.5. The fourth-order valence-electron chi connectivity index (χ4n) is 3.33. The summed E-state index contributed by atoms with van der Waals surface area (Å²) in [5.41, 5.74) is 4.70. The molecule has 0 aliphatic carbocycles. The molecule has 140 valence electrons. The minimum atomic E-state index is -3.23. The molecular weight excluding hydrogens is 380 g/mol. The van der Waals surface area contributed by atoms with Gasteiger partial charge >= 0.3 is 0 Å². The molecule has 1 aliphatic rings. The Labute approximate surface area is 163 Å². The van der Waals surface area contributed by atoms with Crippen LogP contribution >= 0.6 is 11.3 Å². The molecule has 0 spiro atoms. The largest absolute Gasteiger partial charge is 0.493 e. The Kier molecular flexibility index (Phi) is 4.65. The third kappa shape index (κ3) is 3.44. The third-order valence-corrected chi connectivity index (χ3v) is 6.61. The summed E-state index contributed by atoms with van der Waals surface area (Å²) in [5, 5.41) is 2.94. The molecule has 4 rings (SSSR count). The van der Waals surface area contributed by atoms with E-state index in [1.165, 1.54) is 10.6 Å². The molecule has 0 bridgehead atoms. The van der Waals surface area contributed by atoms with Gasteiger partial charge in [0.2, 0.25) is 10.0 Å². The van der Waals surface area contributed by atoms with Crippen molar-refractivity contribution in [2.24, 2.45) is 0 Å². The number of hydrogen-bond acceptors (Lipinski definition) is 5. The van der Waals surface area contributed by atoms with Gasteiger partial charge in [-0.2, -0.15) is 0 Å². The number of anilines is 1. The highest BCUT2D eigenvalue weighted by Crippen LogP contribution is 2.37. The van der Waals surface area contributed by atoms with E-state index in [4.69, 9.17) is 9.72 Å². The lowest BCUT2D eigenvalue weighted by atomic mass is 10.1. The van der Waals surface area contributed by atoms with Gasteiger partial charge in [0.05, 0.1) is 29.8 Å². The van der Waals surface area contributed by atoms with Crippen LogP contribution in [-0.4, -0.2) is 32.8 Å². The summed E-state index contributed by atoms with van der Waals surface area (Å²) in [6.07, 6.45) is 1.97. The Morgan fingerprint density at radius 2 is 2.04 bits per heavy atom. The molecule has 3 aromatic rings. The van der Waals surface area contributed by atoms with Crippen LogP contribution in [0.25, 0.3) is 21.8 Å². The number of hydrogen-bond donors (Lipinski definition) is 0. The molecule has 0 saturated carbocycles. The van der Waals surface area contributed by atoms with Crippen LogP contribution in [0, 0.1) is 0 Å². The number of benzene rings is 2. The van der Waals surface area contributed by atoms with Gasteiger partial charge < -0.3 is 4.74 Å². The maximum absolute atomic E-state index is 11.9. The summed E-state index contributed by atoms with van der Waals surface area (Å²) < 4.78 is 31.0. The van der Waals surface area contributed by atoms with Crippen molar-refractivity contribution in [3.8, 4) is 27.6 Å². The van der Waals surface area contributed by atoms with Crippen LogP contribution in [0.15, 0.2) is 47.8 Å². The number of rotatable bonds is 5. The van der Waals surface area contributed by atoms with Crippen LogP contribution < -0.4 is 9.04 Å². The molecular formula is C20H20N2O3S2. The van der Waals surface area contributed by atoms with Crippen molar-refractivity contribution in [3.63, 3.8) is 0 Å². The number of sulfonamides is 1. The molecule has 0 amide bonds. The maximum atomic E-state index is 11.9. The second kappa shape index (κ2) is 6.98. The van der Waals surface area contributed by atoms with Crippen LogP contribution in [0.2, 0.25) is 0 Å². The van der Waals surface area contributed by atoms with E-state index < -0.39 is 10.0 Å². The highest BCUT2D eigenvalue weighted by atomic mass is 32.2. The van der Waals surface area contributed by atoms with E-state index in [-0.39, 0.29) is 0 Å². The summed E-state index contributed by atoms with van der Waals surface area (Å²) >= 11 is 1.58. The summed E-state index contributed by atoms with van der Waals surface area (Å²) in [5.74, 6) is 0.832. The van der Waals surface area contributed by atoms with Gasteiger partial charge in [-0.1, -0.05) is 18.2 Å². The lowest BCUT2D eigenvalue weighted by molar-refractivity contribution is 0.341. The molecule has 1 aromatic heterocycles. The summed E-state index contributed by atoms with van der Waals surface area (Å²) in [7, 11) is -3.23. The van der Waals surface area contributed by atoms with Crippen molar-refractivity contribution < 1.29 is 13.2 Å². The van der Waals surface area contributed by atoms with Gasteiger partial charge in [-0.05, 0) is 43.2 Å². The Bertz CT molecular complexity index is 1090. The van der Waals surface area contributed by atoms with Gasteiger partial charge in [-0.3, -0.25) is 4.31 Å². The molecule has 7 heteroatoms. The van der Waals surface area contributed by atoms with Crippen LogP contribution in [0.5, 0.6) is 5.75 Å². The molecule has 5 nitrogen and oxygen atoms in total. The van der Waals surface area contributed by atoms with E-state index in [1.54, 1.807) is 11.3 Å². The second-order valence-electron chi connectivity index (χ2n) is 6.40. The Balaban J connectivity index is 1.68. The van der Waals surface area contributed by atoms with Crippen molar-refractivity contribution in [1.82, 2.24) is 4.98 Å². The fourth-order valence-corrected chi connectivity index (χ4v) is 5.15. The number of fused-ring (bicyclic) bond motifs is 1. The average Bonchev–Trinajstić information content (AvgIpc) is 3.28. The minimum Gasteiger partial charge on any atom is -0.493 e. The van der Waals surface area contributed by atoms with Gasteiger partial charge in [0.25, 0.3) is 0 Å². The predicted molar refractivity (Wildman–Crippen MR) is 110 cm³/mol. The van der Waals surface area contributed by atoms with E-state index >= 15 is 0 Å². The molecule has 0 fully saturated rings. The molecule has 2 aromatic carbocycles. The lowest BCUT2D eigenvalue weighted by Gasteiger charge is -2.16. The average molecular weight is 401 g/mol. The highest BCUT2D eigenvalue weighted by molar-refractivity contribution is 7.92. The molecule has 2 heterocycles. The summed E-state index contributed by atoms with van der Waals surface area (Å²) in [4.78, 5) is 4.79. The molecule has 27 heavy (non-hydrogen) atoms. The highest BCUT2D eigenvalue weighted by Gasteiger charge is 2.26. The van der Waals surface area contributed by atoms with Crippen LogP contribution in [0.3, 0.4) is 0 Å². The van der Waals surface area contributed by atoms with Gasteiger partial charge in [-0.15, -0.1) is 11.3 Å². The first-order valence-electron chi connectivity index (χ1n) is 8.76. The molecule has 0 unspecified atom stereocenters. The quantitative estimate of drug-likeness (QED) is 0.644.